The number of H-pyrrole nitrogens is 1. The molecular formula is C4H6N2O. The molecule has 0 amide bonds. The molecule has 0 saturated carbocycles. The van der Waals surface area contributed by atoms with Crippen LogP contribution in [0.1, 0.15) is 0 Å². The highest BCUT2D eigenvalue weighted by Crippen LogP contribution is 1.98. The highest BCUT2D eigenvalue weighted by atomic mass is 16.5. The van der Waals surface area contributed by atoms with Crippen LogP contribution in [0.3, 0.4) is 0 Å². The minimum absolute atomic E-state index is 0.472. The topological polar surface area (TPSA) is 37.9 Å². The molecule has 0 aliphatic rings. The van der Waals surface area contributed by atoms with Crippen molar-refractivity contribution in [1.29, 1.82) is 0 Å². The molecule has 0 fully saturated rings. The van der Waals surface area contributed by atoms with E-state index >= 15 is 0 Å². The molecular weight excluding hydrogens is 92.1 g/mol. The zero-order valence-electron chi connectivity index (χ0n) is 4.96. The average Bonchev–Trinajstić information content (AvgIpc) is 2.14. The fourth-order valence-corrected chi connectivity index (χ4v) is 0.330. The van der Waals surface area contributed by atoms with Crippen molar-refractivity contribution in [3.8, 4) is 5.88 Å². The molecule has 0 aliphatic heterocycles. The van der Waals surface area contributed by atoms with Crippen LogP contribution in [-0.2, 0) is 0 Å². The van der Waals surface area contributed by atoms with Crippen LogP contribution in [0, 0.1) is 0 Å². The zero-order chi connectivity index (χ0) is 5.98. The predicted molar refractivity (Wildman–Crippen MR) is 25.1 cm³/mol. The molecule has 38 valence electrons. The molecule has 1 rings (SSSR count). The molecule has 0 atom stereocenters. The fourth-order valence-electron chi connectivity index (χ4n) is 0.330. The Morgan fingerprint density at radius 1 is 2.14 bits per heavy atom. The number of aromatic nitrogens is 2. The second kappa shape index (κ2) is 1.64. The average molecular weight is 99.1 g/mol. The van der Waals surface area contributed by atoms with Crippen LogP contribution in [0.15, 0.2) is 12.3 Å². The summed E-state index contributed by atoms with van der Waals surface area (Å²) in [5.41, 5.74) is 0. The van der Waals surface area contributed by atoms with Gasteiger partial charge in [-0.2, -0.15) is 0 Å². The monoisotopic (exact) mass is 99.1 g/mol. The summed E-state index contributed by atoms with van der Waals surface area (Å²) < 4.78 is 11.5. The van der Waals surface area contributed by atoms with Crippen LogP contribution in [-0.4, -0.2) is 17.3 Å². The van der Waals surface area contributed by atoms with E-state index in [1.54, 1.807) is 6.07 Å². The van der Waals surface area contributed by atoms with Crippen LogP contribution in [0.4, 0.5) is 0 Å². The summed E-state index contributed by atoms with van der Waals surface area (Å²) in [5, 5.41) is 4.53. The maximum Gasteiger partial charge on any atom is 0.232 e. The summed E-state index contributed by atoms with van der Waals surface area (Å²) in [6, 6.07) is 1.62. The van der Waals surface area contributed by atoms with Crippen molar-refractivity contribution in [3.05, 3.63) is 12.3 Å². The van der Waals surface area contributed by atoms with Gasteiger partial charge in [-0.15, -0.1) is 5.10 Å². The van der Waals surface area contributed by atoms with E-state index in [0.29, 0.717) is 5.88 Å². The summed E-state index contributed by atoms with van der Waals surface area (Å²) >= 11 is 0. The molecule has 7 heavy (non-hydrogen) atoms. The Balaban J connectivity index is 2.84. The van der Waals surface area contributed by atoms with Crippen LogP contribution < -0.4 is 4.74 Å². The normalized spacial score (nSPS) is 10.7. The lowest BCUT2D eigenvalue weighted by Crippen LogP contribution is -1.79. The summed E-state index contributed by atoms with van der Waals surface area (Å²) in [4.78, 5) is 0. The third-order valence-electron chi connectivity index (χ3n) is 0.649. The van der Waals surface area contributed by atoms with Crippen molar-refractivity contribution in [2.45, 2.75) is 0 Å². The molecule has 0 bridgehead atoms. The lowest BCUT2D eigenvalue weighted by molar-refractivity contribution is 0.397. The number of hydrogen-bond acceptors (Lipinski definition) is 2. The lowest BCUT2D eigenvalue weighted by Gasteiger charge is -1.84. The molecule has 0 saturated heterocycles. The largest absolute Gasteiger partial charge is 0.480 e. The second-order valence-electron chi connectivity index (χ2n) is 1.07. The van der Waals surface area contributed by atoms with Gasteiger partial charge in [-0.05, 0) is 0 Å². The minimum Gasteiger partial charge on any atom is -0.480 e. The van der Waals surface area contributed by atoms with Gasteiger partial charge >= 0.3 is 0 Å². The van der Waals surface area contributed by atoms with Crippen LogP contribution >= 0.6 is 0 Å². The number of methoxy groups -OCH3 is 1. The first-order chi connectivity index (χ1) is 3.83. The second-order valence-corrected chi connectivity index (χ2v) is 1.07. The number of aromatic amines is 1. The summed E-state index contributed by atoms with van der Waals surface area (Å²) in [5.74, 6) is 0.472. The van der Waals surface area contributed by atoms with E-state index in [2.05, 4.69) is 9.84 Å². The number of nitrogens with one attached hydrogen (secondary N) is 1. The SMILES string of the molecule is [2H]n1ccc(OC)n1. The van der Waals surface area contributed by atoms with Crippen molar-refractivity contribution >= 4 is 0 Å². The van der Waals surface area contributed by atoms with E-state index in [4.69, 9.17) is 1.41 Å². The standard InChI is InChI=1S/C4H6N2O/c1-7-4-2-3-5-6-4/h2-3H,1H3,(H,5,6)/i/hD. The van der Waals surface area contributed by atoms with Crippen molar-refractivity contribution in [1.82, 2.24) is 10.2 Å². The first-order valence-electron chi connectivity index (χ1n) is 2.36. The fraction of sp³-hybridized carbons (Fsp3) is 0.250. The number of ether oxygens (including phenoxy) is 1. The quantitative estimate of drug-likeness (QED) is 0.554. The van der Waals surface area contributed by atoms with Gasteiger partial charge in [-0.25, -0.2) is 0 Å². The van der Waals surface area contributed by atoms with Crippen molar-refractivity contribution in [2.75, 3.05) is 7.11 Å². The number of hydrogen-bond donors (Lipinski definition) is 1. The Labute approximate surface area is 42.8 Å². The number of rotatable bonds is 1. The molecule has 0 radical (unpaired) electrons. The number of nitrogens with zero attached hydrogens (tertiary/aromatic N) is 1. The summed E-state index contributed by atoms with van der Waals surface area (Å²) in [6.45, 7) is 0. The molecule has 1 aromatic heterocycles. The minimum atomic E-state index is 0.472. The molecule has 3 nitrogen and oxygen atoms in total. The zero-order valence-corrected chi connectivity index (χ0v) is 3.96. The Morgan fingerprint density at radius 3 is 3.29 bits per heavy atom. The third-order valence-corrected chi connectivity index (χ3v) is 0.649. The molecule has 0 unspecified atom stereocenters. The predicted octanol–water partition coefficient (Wildman–Crippen LogP) is 0.418. The maximum absolute atomic E-state index is 6.84. The Bertz CT molecular complexity index is 174. The van der Waals surface area contributed by atoms with E-state index in [1.165, 1.54) is 13.3 Å². The van der Waals surface area contributed by atoms with Crippen LogP contribution in [0.5, 0.6) is 5.88 Å². The third kappa shape index (κ3) is 0.707. The van der Waals surface area contributed by atoms with Gasteiger partial charge in [0.25, 0.3) is 0 Å². The van der Waals surface area contributed by atoms with E-state index in [1.807, 2.05) is 0 Å². The van der Waals surface area contributed by atoms with E-state index < -0.39 is 0 Å². The molecule has 1 aromatic rings. The molecule has 0 spiro atoms. The lowest BCUT2D eigenvalue weighted by atomic mass is 10.7. The molecule has 1 heterocycles. The highest BCUT2D eigenvalue weighted by molar-refractivity contribution is 5.03. The molecule has 3 heteroatoms. The van der Waals surface area contributed by atoms with Gasteiger partial charge in [0.15, 0.2) is 1.41 Å². The van der Waals surface area contributed by atoms with Gasteiger partial charge < -0.3 is 4.74 Å². The van der Waals surface area contributed by atoms with E-state index in [9.17, 15) is 0 Å². The van der Waals surface area contributed by atoms with Gasteiger partial charge in [0.2, 0.25) is 5.88 Å². The van der Waals surface area contributed by atoms with Gasteiger partial charge in [-0.1, -0.05) is 0 Å². The molecule has 0 aromatic carbocycles. The van der Waals surface area contributed by atoms with Crippen molar-refractivity contribution in [3.63, 3.8) is 0 Å². The van der Waals surface area contributed by atoms with Gasteiger partial charge in [0.1, 0.15) is 0 Å². The van der Waals surface area contributed by atoms with Crippen LogP contribution in [0.2, 0.25) is 1.41 Å². The van der Waals surface area contributed by atoms with Crippen molar-refractivity contribution < 1.29 is 6.15 Å². The molecule has 1 N–H and O–H groups in total. The van der Waals surface area contributed by atoms with Crippen LogP contribution in [0.25, 0.3) is 0 Å². The Kier molecular flexibility index (Phi) is 0.719. The van der Waals surface area contributed by atoms with Gasteiger partial charge in [0.05, 0.1) is 7.11 Å². The van der Waals surface area contributed by atoms with Gasteiger partial charge in [0, 0.05) is 12.3 Å². The maximum atomic E-state index is 6.84. The van der Waals surface area contributed by atoms with E-state index in [-0.39, 0.29) is 0 Å². The Hall–Kier alpha value is -0.990. The smallest absolute Gasteiger partial charge is 0.232 e. The van der Waals surface area contributed by atoms with Crippen molar-refractivity contribution in [2.24, 2.45) is 0 Å². The van der Waals surface area contributed by atoms with E-state index in [0.717, 1.165) is 5.09 Å². The summed E-state index contributed by atoms with van der Waals surface area (Å²) in [6.07, 6.45) is 1.50. The summed E-state index contributed by atoms with van der Waals surface area (Å²) in [7, 11) is 1.52. The highest BCUT2D eigenvalue weighted by Gasteiger charge is 1.84. The van der Waals surface area contributed by atoms with Gasteiger partial charge in [-0.3, -0.25) is 5.09 Å². The first-order valence-corrected chi connectivity index (χ1v) is 1.92. The molecule has 0 aliphatic carbocycles. The first kappa shape index (κ1) is 3.07. The Morgan fingerprint density at radius 2 is 3.00 bits per heavy atom.